The van der Waals surface area contributed by atoms with Crippen molar-refractivity contribution in [2.45, 2.75) is 20.0 Å². The van der Waals surface area contributed by atoms with Gasteiger partial charge in [-0.25, -0.2) is 4.98 Å². The van der Waals surface area contributed by atoms with Crippen LogP contribution in [0, 0.1) is 6.92 Å². The third-order valence-corrected chi connectivity index (χ3v) is 2.91. The number of ether oxygens (including phenoxy) is 1. The Kier molecular flexibility index (Phi) is 4.35. The molecule has 2 heterocycles. The van der Waals surface area contributed by atoms with Crippen LogP contribution in [0.2, 0.25) is 0 Å². The Hall–Kier alpha value is -2.08. The first-order valence-electron chi connectivity index (χ1n) is 6.13. The number of imidazole rings is 1. The highest BCUT2D eigenvalue weighted by Crippen LogP contribution is 2.07. The molecule has 0 aromatic carbocycles. The van der Waals surface area contributed by atoms with E-state index in [1.807, 2.05) is 6.92 Å². The van der Waals surface area contributed by atoms with Gasteiger partial charge in [0.05, 0.1) is 30.9 Å². The van der Waals surface area contributed by atoms with Gasteiger partial charge in [0.2, 0.25) is 0 Å². The monoisotopic (exact) mass is 262 g/mol. The molecular formula is C13H18N4O2. The molecule has 0 amide bonds. The third kappa shape index (κ3) is 3.45. The summed E-state index contributed by atoms with van der Waals surface area (Å²) in [5, 5.41) is 3.25. The van der Waals surface area contributed by atoms with Gasteiger partial charge < -0.3 is 19.6 Å². The number of aromatic amines is 1. The Bertz CT molecular complexity index is 588. The molecule has 0 saturated heterocycles. The van der Waals surface area contributed by atoms with Gasteiger partial charge in [-0.3, -0.25) is 4.79 Å². The van der Waals surface area contributed by atoms with Crippen molar-refractivity contribution in [1.29, 1.82) is 0 Å². The highest BCUT2D eigenvalue weighted by Gasteiger charge is 2.02. The van der Waals surface area contributed by atoms with E-state index in [2.05, 4.69) is 15.3 Å². The zero-order chi connectivity index (χ0) is 13.7. The summed E-state index contributed by atoms with van der Waals surface area (Å²) in [6.07, 6.45) is 3.47. The van der Waals surface area contributed by atoms with Gasteiger partial charge in [-0.1, -0.05) is 0 Å². The normalized spacial score (nSPS) is 10.6. The van der Waals surface area contributed by atoms with Gasteiger partial charge in [0.25, 0.3) is 5.56 Å². The number of aryl methyl sites for hydroxylation is 1. The summed E-state index contributed by atoms with van der Waals surface area (Å²) in [7, 11) is 1.62. The second kappa shape index (κ2) is 6.19. The maximum atomic E-state index is 11.6. The van der Waals surface area contributed by atoms with Gasteiger partial charge in [-0.05, 0) is 13.0 Å². The highest BCUT2D eigenvalue weighted by atomic mass is 16.5. The molecule has 19 heavy (non-hydrogen) atoms. The first-order chi connectivity index (χ1) is 9.20. The maximum absolute atomic E-state index is 11.6. The van der Waals surface area contributed by atoms with Crippen LogP contribution in [0.15, 0.2) is 29.5 Å². The maximum Gasteiger partial charge on any atom is 0.250 e. The van der Waals surface area contributed by atoms with Crippen molar-refractivity contribution in [2.24, 2.45) is 0 Å². The molecule has 6 heteroatoms. The van der Waals surface area contributed by atoms with Crippen LogP contribution in [0.3, 0.4) is 0 Å². The molecule has 0 saturated carbocycles. The summed E-state index contributed by atoms with van der Waals surface area (Å²) in [6, 6.07) is 3.32. The number of pyridine rings is 1. The molecule has 0 spiro atoms. The van der Waals surface area contributed by atoms with Crippen molar-refractivity contribution in [3.05, 3.63) is 46.4 Å². The molecule has 0 radical (unpaired) electrons. The largest absolute Gasteiger partial charge is 0.383 e. The molecule has 2 aromatic heterocycles. The van der Waals surface area contributed by atoms with Crippen molar-refractivity contribution >= 4 is 5.69 Å². The van der Waals surface area contributed by atoms with Crippen molar-refractivity contribution in [2.75, 3.05) is 19.0 Å². The van der Waals surface area contributed by atoms with Crippen LogP contribution in [-0.2, 0) is 17.8 Å². The van der Waals surface area contributed by atoms with Gasteiger partial charge in [-0.15, -0.1) is 0 Å². The van der Waals surface area contributed by atoms with Crippen LogP contribution in [0.25, 0.3) is 0 Å². The number of anilines is 1. The van der Waals surface area contributed by atoms with Gasteiger partial charge in [-0.2, -0.15) is 0 Å². The van der Waals surface area contributed by atoms with E-state index in [9.17, 15) is 4.79 Å². The summed E-state index contributed by atoms with van der Waals surface area (Å²) in [5.41, 5.74) is 2.87. The second-order valence-corrected chi connectivity index (χ2v) is 4.27. The van der Waals surface area contributed by atoms with E-state index in [-0.39, 0.29) is 5.56 Å². The number of nitrogens with one attached hydrogen (secondary N) is 2. The fourth-order valence-corrected chi connectivity index (χ4v) is 1.75. The molecule has 0 bridgehead atoms. The summed E-state index contributed by atoms with van der Waals surface area (Å²) in [6.45, 7) is 3.66. The number of hydrogen-bond acceptors (Lipinski definition) is 4. The van der Waals surface area contributed by atoms with Gasteiger partial charge in [0, 0.05) is 31.6 Å². The number of rotatable bonds is 6. The van der Waals surface area contributed by atoms with Crippen molar-refractivity contribution in [3.8, 4) is 0 Å². The number of methoxy groups -OCH3 is 1. The zero-order valence-corrected chi connectivity index (χ0v) is 11.1. The lowest BCUT2D eigenvalue weighted by molar-refractivity contribution is 0.186. The van der Waals surface area contributed by atoms with Gasteiger partial charge in [0.1, 0.15) is 0 Å². The molecule has 0 aliphatic carbocycles. The zero-order valence-electron chi connectivity index (χ0n) is 11.1. The van der Waals surface area contributed by atoms with Gasteiger partial charge in [0.15, 0.2) is 0 Å². The molecule has 0 aliphatic heterocycles. The van der Waals surface area contributed by atoms with Gasteiger partial charge >= 0.3 is 0 Å². The fraction of sp³-hybridized carbons (Fsp3) is 0.385. The van der Waals surface area contributed by atoms with Crippen LogP contribution in [0.5, 0.6) is 0 Å². The van der Waals surface area contributed by atoms with Crippen molar-refractivity contribution in [3.63, 3.8) is 0 Å². The van der Waals surface area contributed by atoms with E-state index in [0.717, 1.165) is 17.1 Å². The van der Waals surface area contributed by atoms with E-state index >= 15 is 0 Å². The molecule has 0 unspecified atom stereocenters. The number of H-pyrrole nitrogens is 1. The highest BCUT2D eigenvalue weighted by molar-refractivity contribution is 5.40. The average molecular weight is 262 g/mol. The predicted octanol–water partition coefficient (Wildman–Crippen LogP) is 1.14. The average Bonchev–Trinajstić information content (AvgIpc) is 2.82. The molecule has 0 atom stereocenters. The first kappa shape index (κ1) is 13.4. The Balaban J connectivity index is 2.04. The summed E-state index contributed by atoms with van der Waals surface area (Å²) in [5.74, 6) is 0. The molecule has 2 rings (SSSR count). The number of hydrogen-bond donors (Lipinski definition) is 2. The first-order valence-corrected chi connectivity index (χ1v) is 6.13. The molecule has 0 fully saturated rings. The summed E-state index contributed by atoms with van der Waals surface area (Å²) in [4.78, 5) is 18.9. The van der Waals surface area contributed by atoms with Crippen molar-refractivity contribution in [1.82, 2.24) is 14.5 Å². The Morgan fingerprint density at radius 1 is 1.47 bits per heavy atom. The summed E-state index contributed by atoms with van der Waals surface area (Å²) >= 11 is 0. The Labute approximate surface area is 111 Å². The molecule has 6 nitrogen and oxygen atoms in total. The standard InChI is InChI=1S/C13H18N4O2/c1-10-12(16-9-15-10)7-14-11-3-4-13(18)17(8-11)5-6-19-2/h3-4,8-9,14H,5-7H2,1-2H3,(H,15,16). The predicted molar refractivity (Wildman–Crippen MR) is 73.2 cm³/mol. The lowest BCUT2D eigenvalue weighted by Crippen LogP contribution is -2.21. The number of nitrogens with zero attached hydrogens (tertiary/aromatic N) is 2. The minimum absolute atomic E-state index is 0.0291. The second-order valence-electron chi connectivity index (χ2n) is 4.27. The van der Waals surface area contributed by atoms with E-state index < -0.39 is 0 Å². The molecule has 102 valence electrons. The quantitative estimate of drug-likeness (QED) is 0.819. The SMILES string of the molecule is COCCn1cc(NCc2nc[nH]c2C)ccc1=O. The van der Waals surface area contributed by atoms with Crippen molar-refractivity contribution < 1.29 is 4.74 Å². The van der Waals surface area contributed by atoms with E-state index in [0.29, 0.717) is 19.7 Å². The molecular weight excluding hydrogens is 244 g/mol. The lowest BCUT2D eigenvalue weighted by atomic mass is 10.3. The Morgan fingerprint density at radius 3 is 3.00 bits per heavy atom. The van der Waals surface area contributed by atoms with Crippen LogP contribution in [0.4, 0.5) is 5.69 Å². The summed E-state index contributed by atoms with van der Waals surface area (Å²) < 4.78 is 6.61. The number of aromatic nitrogens is 3. The molecule has 0 aliphatic rings. The minimum Gasteiger partial charge on any atom is -0.383 e. The van der Waals surface area contributed by atoms with E-state index in [1.165, 1.54) is 0 Å². The van der Waals surface area contributed by atoms with Crippen LogP contribution in [-0.4, -0.2) is 28.3 Å². The third-order valence-electron chi connectivity index (χ3n) is 2.91. The van der Waals surface area contributed by atoms with Crippen LogP contribution >= 0.6 is 0 Å². The van der Waals surface area contributed by atoms with Crippen LogP contribution < -0.4 is 10.9 Å². The Morgan fingerprint density at radius 2 is 2.32 bits per heavy atom. The topological polar surface area (TPSA) is 71.9 Å². The van der Waals surface area contributed by atoms with Crippen LogP contribution in [0.1, 0.15) is 11.4 Å². The minimum atomic E-state index is -0.0291. The molecule has 2 aromatic rings. The van der Waals surface area contributed by atoms with E-state index in [4.69, 9.17) is 4.74 Å². The fourth-order valence-electron chi connectivity index (χ4n) is 1.75. The molecule has 2 N–H and O–H groups in total. The smallest absolute Gasteiger partial charge is 0.250 e. The van der Waals surface area contributed by atoms with E-state index in [1.54, 1.807) is 36.3 Å². The lowest BCUT2D eigenvalue weighted by Gasteiger charge is -2.09.